The third-order valence-corrected chi connectivity index (χ3v) is 1.99. The first kappa shape index (κ1) is 6.55. The molecule has 1 fully saturated rings. The minimum absolute atomic E-state index is 0.0829. The predicted molar refractivity (Wildman–Crippen MR) is 31.9 cm³/mol. The number of nitrogens with two attached hydrogens (primary N) is 1. The molecule has 0 aromatic heterocycles. The molecule has 2 N–H and O–H groups in total. The predicted octanol–water partition coefficient (Wildman–Crippen LogP) is -0.332. The van der Waals surface area contributed by atoms with Crippen LogP contribution in [0.25, 0.3) is 0 Å². The Bertz CT molecular complexity index is 168. The van der Waals surface area contributed by atoms with Crippen LogP contribution in [-0.2, 0) is 9.59 Å². The number of ketones is 1. The molecule has 9 heavy (non-hydrogen) atoms. The molecular weight excluding hydrogens is 142 g/mol. The lowest BCUT2D eigenvalue weighted by Crippen LogP contribution is -2.46. The van der Waals surface area contributed by atoms with Crippen molar-refractivity contribution in [2.24, 2.45) is 11.7 Å². The van der Waals surface area contributed by atoms with Gasteiger partial charge in [-0.05, 0) is 0 Å². The van der Waals surface area contributed by atoms with E-state index in [1.807, 2.05) is 0 Å². The number of hydrogen-bond donors (Lipinski definition) is 1. The molecule has 0 radical (unpaired) electrons. The van der Waals surface area contributed by atoms with E-state index < -0.39 is 17.2 Å². The second kappa shape index (κ2) is 1.99. The van der Waals surface area contributed by atoms with Crippen LogP contribution in [0.5, 0.6) is 0 Å². The number of alkyl halides is 1. The Hall–Kier alpha value is -0.570. The molecule has 1 aliphatic carbocycles. The highest BCUT2D eigenvalue weighted by atomic mass is 35.5. The van der Waals surface area contributed by atoms with Gasteiger partial charge in [0.15, 0.2) is 5.78 Å². The Morgan fingerprint density at radius 1 is 1.78 bits per heavy atom. The third kappa shape index (κ3) is 0.920. The van der Waals surface area contributed by atoms with Crippen molar-refractivity contribution in [2.75, 3.05) is 0 Å². The van der Waals surface area contributed by atoms with Crippen LogP contribution in [0.15, 0.2) is 0 Å². The highest BCUT2D eigenvalue weighted by Gasteiger charge is 2.41. The summed E-state index contributed by atoms with van der Waals surface area (Å²) in [7, 11) is 0. The zero-order valence-corrected chi connectivity index (χ0v) is 5.39. The maximum absolute atomic E-state index is 10.4. The summed E-state index contributed by atoms with van der Waals surface area (Å²) < 4.78 is 0. The van der Waals surface area contributed by atoms with E-state index in [9.17, 15) is 9.59 Å². The summed E-state index contributed by atoms with van der Waals surface area (Å²) in [5, 5.41) is -0.650. The van der Waals surface area contributed by atoms with E-state index >= 15 is 0 Å². The molecule has 0 heterocycles. The van der Waals surface area contributed by atoms with Crippen molar-refractivity contribution in [2.45, 2.75) is 11.8 Å². The van der Waals surface area contributed by atoms with Gasteiger partial charge in [0, 0.05) is 6.42 Å². The van der Waals surface area contributed by atoms with Gasteiger partial charge in [0.05, 0.1) is 5.92 Å². The van der Waals surface area contributed by atoms with Gasteiger partial charge < -0.3 is 5.73 Å². The molecule has 2 atom stereocenters. The molecule has 1 saturated carbocycles. The quantitative estimate of drug-likeness (QED) is 0.517. The molecule has 0 aromatic carbocycles. The van der Waals surface area contributed by atoms with Crippen LogP contribution >= 0.6 is 11.6 Å². The fourth-order valence-electron chi connectivity index (χ4n) is 0.742. The second-order valence-electron chi connectivity index (χ2n) is 2.08. The van der Waals surface area contributed by atoms with Gasteiger partial charge in [-0.2, -0.15) is 0 Å². The first-order valence-electron chi connectivity index (χ1n) is 2.59. The number of halogens is 1. The molecule has 0 saturated heterocycles. The summed E-state index contributed by atoms with van der Waals surface area (Å²) in [5.41, 5.74) is 4.87. The molecule has 0 aromatic rings. The minimum atomic E-state index is -0.650. The second-order valence-corrected chi connectivity index (χ2v) is 2.55. The van der Waals surface area contributed by atoms with Crippen molar-refractivity contribution in [3.63, 3.8) is 0 Å². The summed E-state index contributed by atoms with van der Waals surface area (Å²) in [5.74, 6) is -0.978. The van der Waals surface area contributed by atoms with Crippen molar-refractivity contribution in [1.29, 1.82) is 0 Å². The lowest BCUT2D eigenvalue weighted by atomic mass is 9.83. The molecule has 2 unspecified atom stereocenters. The number of carbonyl (C=O) groups is 2. The van der Waals surface area contributed by atoms with Gasteiger partial charge in [0.2, 0.25) is 5.91 Å². The molecule has 0 aliphatic heterocycles. The van der Waals surface area contributed by atoms with Crippen LogP contribution in [0, 0.1) is 5.92 Å². The van der Waals surface area contributed by atoms with Gasteiger partial charge >= 0.3 is 0 Å². The number of Topliss-reactive ketones (excluding diaryl/α,β-unsaturated/α-hetero) is 1. The Kier molecular flexibility index (Phi) is 1.45. The fraction of sp³-hybridized carbons (Fsp3) is 0.600. The summed E-state index contributed by atoms with van der Waals surface area (Å²) >= 11 is 5.41. The van der Waals surface area contributed by atoms with Crippen molar-refractivity contribution < 1.29 is 9.59 Å². The van der Waals surface area contributed by atoms with Crippen molar-refractivity contribution >= 4 is 23.3 Å². The van der Waals surface area contributed by atoms with Crippen molar-refractivity contribution in [3.8, 4) is 0 Å². The third-order valence-electron chi connectivity index (χ3n) is 1.45. The number of carbonyl (C=O) groups excluding carboxylic acids is 2. The largest absolute Gasteiger partial charge is 0.369 e. The highest BCUT2D eigenvalue weighted by molar-refractivity contribution is 6.35. The molecule has 50 valence electrons. The number of hydrogen-bond acceptors (Lipinski definition) is 2. The van der Waals surface area contributed by atoms with Gasteiger partial charge in [-0.1, -0.05) is 0 Å². The molecule has 1 aliphatic rings. The van der Waals surface area contributed by atoms with E-state index in [4.69, 9.17) is 17.3 Å². The zero-order valence-electron chi connectivity index (χ0n) is 4.63. The summed E-state index contributed by atoms with van der Waals surface area (Å²) in [6, 6.07) is 0. The molecule has 1 rings (SSSR count). The van der Waals surface area contributed by atoms with Crippen molar-refractivity contribution in [3.05, 3.63) is 0 Å². The van der Waals surface area contributed by atoms with E-state index in [0.29, 0.717) is 0 Å². The lowest BCUT2D eigenvalue weighted by Gasteiger charge is -2.26. The maximum atomic E-state index is 10.4. The van der Waals surface area contributed by atoms with Crippen molar-refractivity contribution in [1.82, 2.24) is 0 Å². The normalized spacial score (nSPS) is 33.7. The zero-order chi connectivity index (χ0) is 7.02. The fourth-order valence-corrected chi connectivity index (χ4v) is 1.04. The number of rotatable bonds is 1. The van der Waals surface area contributed by atoms with E-state index in [1.54, 1.807) is 0 Å². The summed E-state index contributed by atoms with van der Waals surface area (Å²) in [6.45, 7) is 0. The van der Waals surface area contributed by atoms with Crippen LogP contribution in [0.4, 0.5) is 0 Å². The first-order valence-corrected chi connectivity index (χ1v) is 3.02. The van der Waals surface area contributed by atoms with E-state index in [-0.39, 0.29) is 12.2 Å². The van der Waals surface area contributed by atoms with Crippen LogP contribution in [0.2, 0.25) is 0 Å². The van der Waals surface area contributed by atoms with Crippen LogP contribution in [0.1, 0.15) is 6.42 Å². The monoisotopic (exact) mass is 147 g/mol. The topological polar surface area (TPSA) is 60.2 Å². The van der Waals surface area contributed by atoms with Gasteiger partial charge in [0.1, 0.15) is 5.38 Å². The number of amides is 1. The average molecular weight is 148 g/mol. The van der Waals surface area contributed by atoms with Gasteiger partial charge in [-0.3, -0.25) is 9.59 Å². The first-order chi connectivity index (χ1) is 4.13. The molecular formula is C5H6ClNO2. The minimum Gasteiger partial charge on any atom is -0.369 e. The molecule has 4 heteroatoms. The molecule has 3 nitrogen and oxygen atoms in total. The van der Waals surface area contributed by atoms with Gasteiger partial charge in [-0.25, -0.2) is 0 Å². The van der Waals surface area contributed by atoms with E-state index in [2.05, 4.69) is 0 Å². The smallest absolute Gasteiger partial charge is 0.222 e. The maximum Gasteiger partial charge on any atom is 0.222 e. The molecule has 0 spiro atoms. The lowest BCUT2D eigenvalue weighted by molar-refractivity contribution is -0.135. The number of primary amides is 1. The van der Waals surface area contributed by atoms with Crippen LogP contribution < -0.4 is 5.73 Å². The Balaban J connectivity index is 2.51. The summed E-state index contributed by atoms with van der Waals surface area (Å²) in [6.07, 6.45) is 0.226. The molecule has 1 amide bonds. The summed E-state index contributed by atoms with van der Waals surface area (Å²) in [4.78, 5) is 20.7. The van der Waals surface area contributed by atoms with Gasteiger partial charge in [-0.15, -0.1) is 11.6 Å². The van der Waals surface area contributed by atoms with Crippen LogP contribution in [0.3, 0.4) is 0 Å². The SMILES string of the molecule is NC(=O)C1CC(=O)C1Cl. The Morgan fingerprint density at radius 3 is 2.44 bits per heavy atom. The van der Waals surface area contributed by atoms with Crippen LogP contribution in [-0.4, -0.2) is 17.1 Å². The molecule has 0 bridgehead atoms. The average Bonchev–Trinajstić information content (AvgIpc) is 1.81. The van der Waals surface area contributed by atoms with E-state index in [1.165, 1.54) is 0 Å². The van der Waals surface area contributed by atoms with E-state index in [0.717, 1.165) is 0 Å². The Morgan fingerprint density at radius 2 is 2.33 bits per heavy atom. The highest BCUT2D eigenvalue weighted by Crippen LogP contribution is 2.28. The van der Waals surface area contributed by atoms with Gasteiger partial charge in [0.25, 0.3) is 0 Å². The Labute approximate surface area is 57.2 Å². The standard InChI is InChI=1S/C5H6ClNO2/c6-4-2(5(7)9)1-3(4)8/h2,4H,1H2,(H2,7,9).